The number of anilines is 1. The van der Waals surface area contributed by atoms with Gasteiger partial charge in [-0.05, 0) is 25.5 Å². The van der Waals surface area contributed by atoms with Gasteiger partial charge in [0.2, 0.25) is 0 Å². The first kappa shape index (κ1) is 23.2. The Morgan fingerprint density at radius 2 is 1.89 bits per heavy atom. The van der Waals surface area contributed by atoms with Gasteiger partial charge in [0.25, 0.3) is 0 Å². The van der Waals surface area contributed by atoms with Crippen LogP contribution in [0.25, 0.3) is 0 Å². The molecule has 2 atom stereocenters. The van der Waals surface area contributed by atoms with Crippen molar-refractivity contribution in [3.8, 4) is 0 Å². The molecular formula is C21H36IN5O. The second-order valence-corrected chi connectivity index (χ2v) is 7.69. The van der Waals surface area contributed by atoms with E-state index < -0.39 is 0 Å². The van der Waals surface area contributed by atoms with E-state index in [4.69, 9.17) is 4.74 Å². The van der Waals surface area contributed by atoms with Crippen LogP contribution >= 0.6 is 24.0 Å². The molecule has 3 rings (SSSR count). The summed E-state index contributed by atoms with van der Waals surface area (Å²) in [5, 5.41) is 3.59. The number of nitrogens with zero attached hydrogens (tertiary/aromatic N) is 4. The molecule has 2 fully saturated rings. The molecule has 1 aromatic carbocycles. The van der Waals surface area contributed by atoms with Crippen LogP contribution in [-0.4, -0.2) is 88.4 Å². The lowest BCUT2D eigenvalue weighted by Crippen LogP contribution is -2.53. The maximum absolute atomic E-state index is 5.31. The Bertz CT molecular complexity index is 592. The normalized spacial score (nSPS) is 22.1. The van der Waals surface area contributed by atoms with Crippen LogP contribution in [0.5, 0.6) is 0 Å². The Kier molecular flexibility index (Phi) is 9.81. The van der Waals surface area contributed by atoms with Crippen molar-refractivity contribution in [2.45, 2.75) is 19.4 Å². The van der Waals surface area contributed by atoms with Gasteiger partial charge in [0.15, 0.2) is 5.96 Å². The zero-order valence-electron chi connectivity index (χ0n) is 17.5. The van der Waals surface area contributed by atoms with Crippen LogP contribution in [0.2, 0.25) is 0 Å². The highest BCUT2D eigenvalue weighted by molar-refractivity contribution is 14.0. The number of likely N-dealkylation sites (tertiary alicyclic amines) is 1. The van der Waals surface area contributed by atoms with Crippen LogP contribution in [0, 0.1) is 5.92 Å². The monoisotopic (exact) mass is 501 g/mol. The molecule has 0 radical (unpaired) electrons. The Balaban J connectivity index is 0.00000280. The van der Waals surface area contributed by atoms with Crippen LogP contribution in [0.4, 0.5) is 5.69 Å². The number of hydrogen-bond donors (Lipinski definition) is 1. The van der Waals surface area contributed by atoms with Crippen LogP contribution in [0.15, 0.2) is 35.3 Å². The van der Waals surface area contributed by atoms with E-state index >= 15 is 0 Å². The highest BCUT2D eigenvalue weighted by Gasteiger charge is 2.26. The fourth-order valence-electron chi connectivity index (χ4n) is 4.16. The summed E-state index contributed by atoms with van der Waals surface area (Å²) in [5.41, 5.74) is 1.34. The highest BCUT2D eigenvalue weighted by atomic mass is 127. The first-order chi connectivity index (χ1) is 13.2. The van der Waals surface area contributed by atoms with Crippen molar-refractivity contribution in [1.82, 2.24) is 15.1 Å². The number of benzene rings is 1. The molecule has 0 bridgehead atoms. The largest absolute Gasteiger partial charge is 0.384 e. The number of aliphatic imine (C=N–C) groups is 1. The van der Waals surface area contributed by atoms with Gasteiger partial charge >= 0.3 is 0 Å². The number of guanidine groups is 1. The van der Waals surface area contributed by atoms with Crippen molar-refractivity contribution in [2.75, 3.05) is 71.5 Å². The summed E-state index contributed by atoms with van der Waals surface area (Å²) in [6.07, 6.45) is 1.19. The second-order valence-electron chi connectivity index (χ2n) is 7.69. The summed E-state index contributed by atoms with van der Waals surface area (Å²) in [6.45, 7) is 10.6. The lowest BCUT2D eigenvalue weighted by molar-refractivity contribution is 0.157. The van der Waals surface area contributed by atoms with Crippen LogP contribution < -0.4 is 10.2 Å². The number of para-hydroxylation sites is 1. The number of nitrogens with one attached hydrogen (secondary N) is 1. The molecule has 158 valence electrons. The molecule has 2 heterocycles. The minimum atomic E-state index is 0. The van der Waals surface area contributed by atoms with Crippen LogP contribution in [0.1, 0.15) is 13.3 Å². The van der Waals surface area contributed by atoms with Gasteiger partial charge in [0.1, 0.15) is 0 Å². The first-order valence-corrected chi connectivity index (χ1v) is 10.2. The fourth-order valence-corrected chi connectivity index (χ4v) is 4.16. The average molecular weight is 501 g/mol. The standard InChI is InChI=1S/C21H35N5O.HI/c1-18(15-23-21(22-2)26-10-9-19(16-26)17-27-3)24-11-13-25(14-12-24)20-7-5-4-6-8-20;/h4-8,18-19H,9-17H2,1-3H3,(H,22,23);1H. The van der Waals surface area contributed by atoms with E-state index in [1.165, 1.54) is 12.1 Å². The zero-order chi connectivity index (χ0) is 19.1. The Morgan fingerprint density at radius 1 is 1.18 bits per heavy atom. The molecule has 2 aliphatic heterocycles. The second kappa shape index (κ2) is 11.8. The lowest BCUT2D eigenvalue weighted by atomic mass is 10.1. The Hall–Kier alpha value is -1.06. The summed E-state index contributed by atoms with van der Waals surface area (Å²) in [5.74, 6) is 1.65. The van der Waals surface area contributed by atoms with E-state index in [0.717, 1.165) is 58.4 Å². The maximum Gasteiger partial charge on any atom is 0.193 e. The van der Waals surface area contributed by atoms with E-state index in [9.17, 15) is 0 Å². The molecule has 2 aliphatic rings. The average Bonchev–Trinajstić information content (AvgIpc) is 3.18. The van der Waals surface area contributed by atoms with E-state index in [-0.39, 0.29) is 24.0 Å². The molecule has 28 heavy (non-hydrogen) atoms. The topological polar surface area (TPSA) is 43.3 Å². The van der Waals surface area contributed by atoms with Gasteiger partial charge < -0.3 is 19.9 Å². The van der Waals surface area contributed by atoms with E-state index in [1.807, 2.05) is 7.05 Å². The number of hydrogen-bond acceptors (Lipinski definition) is 4. The Morgan fingerprint density at radius 3 is 2.54 bits per heavy atom. The number of piperazine rings is 1. The fraction of sp³-hybridized carbons (Fsp3) is 0.667. The van der Waals surface area contributed by atoms with Gasteiger partial charge in [-0.25, -0.2) is 0 Å². The summed E-state index contributed by atoms with van der Waals surface area (Å²) < 4.78 is 5.31. The number of halogens is 1. The van der Waals surface area contributed by atoms with Gasteiger partial charge in [-0.1, -0.05) is 18.2 Å². The summed E-state index contributed by atoms with van der Waals surface area (Å²) in [4.78, 5) is 11.9. The van der Waals surface area contributed by atoms with Crippen molar-refractivity contribution in [1.29, 1.82) is 0 Å². The third kappa shape index (κ3) is 6.22. The minimum absolute atomic E-state index is 0. The van der Waals surface area contributed by atoms with E-state index in [2.05, 4.69) is 62.3 Å². The molecule has 7 heteroatoms. The maximum atomic E-state index is 5.31. The van der Waals surface area contributed by atoms with Crippen LogP contribution in [-0.2, 0) is 4.74 Å². The lowest BCUT2D eigenvalue weighted by Gasteiger charge is -2.39. The molecule has 2 saturated heterocycles. The third-order valence-electron chi connectivity index (χ3n) is 5.81. The van der Waals surface area contributed by atoms with Gasteiger partial charge in [0.05, 0.1) is 6.61 Å². The quantitative estimate of drug-likeness (QED) is 0.369. The zero-order valence-corrected chi connectivity index (χ0v) is 19.8. The number of rotatable bonds is 6. The summed E-state index contributed by atoms with van der Waals surface area (Å²) in [6, 6.07) is 11.2. The van der Waals surface area contributed by atoms with Crippen molar-refractivity contribution in [3.05, 3.63) is 30.3 Å². The predicted molar refractivity (Wildman–Crippen MR) is 128 cm³/mol. The Labute approximate surface area is 187 Å². The van der Waals surface area contributed by atoms with Crippen molar-refractivity contribution < 1.29 is 4.74 Å². The predicted octanol–water partition coefficient (Wildman–Crippen LogP) is 2.36. The molecule has 6 nitrogen and oxygen atoms in total. The summed E-state index contributed by atoms with van der Waals surface area (Å²) in [7, 11) is 3.67. The number of methoxy groups -OCH3 is 1. The van der Waals surface area contributed by atoms with Gasteiger partial charge in [-0.15, -0.1) is 24.0 Å². The minimum Gasteiger partial charge on any atom is -0.384 e. The highest BCUT2D eigenvalue weighted by Crippen LogP contribution is 2.18. The van der Waals surface area contributed by atoms with Gasteiger partial charge in [-0.3, -0.25) is 9.89 Å². The van der Waals surface area contributed by atoms with Crippen molar-refractivity contribution in [3.63, 3.8) is 0 Å². The molecule has 0 amide bonds. The molecule has 0 saturated carbocycles. The molecule has 0 aromatic heterocycles. The van der Waals surface area contributed by atoms with Crippen molar-refractivity contribution in [2.24, 2.45) is 10.9 Å². The molecular weight excluding hydrogens is 465 g/mol. The number of ether oxygens (including phenoxy) is 1. The van der Waals surface area contributed by atoms with Gasteiger partial charge in [0, 0.05) is 77.6 Å². The molecule has 1 N–H and O–H groups in total. The summed E-state index contributed by atoms with van der Waals surface area (Å²) >= 11 is 0. The SMILES string of the molecule is CN=C(NCC(C)N1CCN(c2ccccc2)CC1)N1CCC(COC)C1.I. The van der Waals surface area contributed by atoms with Gasteiger partial charge in [-0.2, -0.15) is 0 Å². The van der Waals surface area contributed by atoms with E-state index in [0.29, 0.717) is 12.0 Å². The molecule has 1 aromatic rings. The third-order valence-corrected chi connectivity index (χ3v) is 5.81. The first-order valence-electron chi connectivity index (χ1n) is 10.2. The molecule has 0 aliphatic carbocycles. The van der Waals surface area contributed by atoms with Crippen LogP contribution in [0.3, 0.4) is 0 Å². The van der Waals surface area contributed by atoms with Crippen molar-refractivity contribution >= 4 is 35.6 Å². The smallest absolute Gasteiger partial charge is 0.193 e. The molecule has 2 unspecified atom stereocenters. The molecule has 0 spiro atoms. The van der Waals surface area contributed by atoms with E-state index in [1.54, 1.807) is 7.11 Å².